The third-order valence-corrected chi connectivity index (χ3v) is 1.22. The SMILES string of the molecule is O=C(O)Nc1cccc(NC(=O)O)n1. The molecule has 1 aromatic heterocycles. The molecule has 0 bridgehead atoms. The molecular weight excluding hydrogens is 190 g/mol. The van der Waals surface area contributed by atoms with E-state index < -0.39 is 12.2 Å². The molecule has 0 aliphatic rings. The van der Waals surface area contributed by atoms with Crippen molar-refractivity contribution < 1.29 is 19.8 Å². The van der Waals surface area contributed by atoms with Gasteiger partial charge in [-0.15, -0.1) is 0 Å². The summed E-state index contributed by atoms with van der Waals surface area (Å²) in [5.74, 6) is 0.118. The van der Waals surface area contributed by atoms with Crippen LogP contribution in [-0.2, 0) is 0 Å². The van der Waals surface area contributed by atoms with E-state index in [1.165, 1.54) is 18.2 Å². The average molecular weight is 197 g/mol. The number of carboxylic acid groups (broad SMARTS) is 2. The third kappa shape index (κ3) is 2.97. The molecule has 74 valence electrons. The van der Waals surface area contributed by atoms with Gasteiger partial charge in [0.25, 0.3) is 0 Å². The van der Waals surface area contributed by atoms with Crippen molar-refractivity contribution in [1.29, 1.82) is 0 Å². The average Bonchev–Trinajstić information content (AvgIpc) is 2.01. The second kappa shape index (κ2) is 4.08. The van der Waals surface area contributed by atoms with Crippen LogP contribution in [-0.4, -0.2) is 27.4 Å². The van der Waals surface area contributed by atoms with E-state index in [1.54, 1.807) is 0 Å². The summed E-state index contributed by atoms with van der Waals surface area (Å²) in [6.07, 6.45) is -2.52. The van der Waals surface area contributed by atoms with E-state index >= 15 is 0 Å². The molecule has 2 amide bonds. The number of anilines is 2. The number of nitrogens with one attached hydrogen (secondary N) is 2. The Morgan fingerprint density at radius 1 is 1.07 bits per heavy atom. The Morgan fingerprint density at radius 3 is 1.86 bits per heavy atom. The van der Waals surface area contributed by atoms with E-state index in [-0.39, 0.29) is 11.6 Å². The lowest BCUT2D eigenvalue weighted by Crippen LogP contribution is -2.12. The van der Waals surface area contributed by atoms with Gasteiger partial charge in [-0.1, -0.05) is 6.07 Å². The van der Waals surface area contributed by atoms with Crippen LogP contribution in [0.2, 0.25) is 0 Å². The van der Waals surface area contributed by atoms with Gasteiger partial charge in [-0.2, -0.15) is 0 Å². The summed E-state index contributed by atoms with van der Waals surface area (Å²) in [4.78, 5) is 24.1. The molecule has 4 N–H and O–H groups in total. The van der Waals surface area contributed by atoms with Gasteiger partial charge in [0.1, 0.15) is 11.6 Å². The number of rotatable bonds is 2. The molecule has 0 radical (unpaired) electrons. The maximum atomic E-state index is 10.2. The molecule has 0 aliphatic heterocycles. The molecule has 0 atom stereocenters. The molecule has 0 aliphatic carbocycles. The highest BCUT2D eigenvalue weighted by Crippen LogP contribution is 2.08. The normalized spacial score (nSPS) is 9.14. The summed E-state index contributed by atoms with van der Waals surface area (Å²) in [6.45, 7) is 0. The fourth-order valence-electron chi connectivity index (χ4n) is 0.793. The molecule has 14 heavy (non-hydrogen) atoms. The zero-order chi connectivity index (χ0) is 10.6. The van der Waals surface area contributed by atoms with Gasteiger partial charge in [-0.05, 0) is 12.1 Å². The van der Waals surface area contributed by atoms with Crippen molar-refractivity contribution in [1.82, 2.24) is 4.98 Å². The second-order valence-corrected chi connectivity index (χ2v) is 2.27. The summed E-state index contributed by atoms with van der Waals surface area (Å²) in [5, 5.41) is 20.7. The number of aromatic nitrogens is 1. The molecule has 1 heterocycles. The fourth-order valence-corrected chi connectivity index (χ4v) is 0.793. The van der Waals surface area contributed by atoms with Crippen molar-refractivity contribution in [2.24, 2.45) is 0 Å². The van der Waals surface area contributed by atoms with E-state index in [9.17, 15) is 9.59 Å². The number of carbonyl (C=O) groups is 2. The van der Waals surface area contributed by atoms with Crippen LogP contribution in [0.5, 0.6) is 0 Å². The summed E-state index contributed by atoms with van der Waals surface area (Å²) >= 11 is 0. The highest BCUT2D eigenvalue weighted by molar-refractivity contribution is 5.84. The summed E-state index contributed by atoms with van der Waals surface area (Å²) in [7, 11) is 0. The Labute approximate surface area is 78.4 Å². The lowest BCUT2D eigenvalue weighted by Gasteiger charge is -2.02. The first-order valence-electron chi connectivity index (χ1n) is 3.55. The minimum Gasteiger partial charge on any atom is -0.465 e. The van der Waals surface area contributed by atoms with E-state index in [1.807, 2.05) is 10.6 Å². The molecule has 0 saturated carbocycles. The van der Waals surface area contributed by atoms with Crippen LogP contribution in [0.15, 0.2) is 18.2 Å². The van der Waals surface area contributed by atoms with E-state index in [4.69, 9.17) is 10.2 Å². The minimum atomic E-state index is -1.26. The zero-order valence-corrected chi connectivity index (χ0v) is 6.89. The highest BCUT2D eigenvalue weighted by Gasteiger charge is 2.02. The van der Waals surface area contributed by atoms with Crippen LogP contribution < -0.4 is 10.6 Å². The molecule has 1 aromatic rings. The van der Waals surface area contributed by atoms with Crippen LogP contribution in [0.4, 0.5) is 21.2 Å². The van der Waals surface area contributed by atoms with Gasteiger partial charge in [0.15, 0.2) is 0 Å². The quantitative estimate of drug-likeness (QED) is 0.570. The van der Waals surface area contributed by atoms with Crippen molar-refractivity contribution in [3.05, 3.63) is 18.2 Å². The standard InChI is InChI=1S/C7H7N3O4/c11-6(12)9-4-2-1-3-5(8-4)10-7(13)14/h1-3H,(H,11,12)(H,13,14)(H2,8,9,10). The predicted octanol–water partition coefficient (Wildman–Crippen LogP) is 1.26. The number of hydrogen-bond donors (Lipinski definition) is 4. The monoisotopic (exact) mass is 197 g/mol. The van der Waals surface area contributed by atoms with Gasteiger partial charge in [0, 0.05) is 0 Å². The van der Waals surface area contributed by atoms with Gasteiger partial charge in [0.2, 0.25) is 0 Å². The molecule has 0 fully saturated rings. The number of amides is 2. The smallest absolute Gasteiger partial charge is 0.410 e. The number of pyridine rings is 1. The summed E-state index contributed by atoms with van der Waals surface area (Å²) < 4.78 is 0. The van der Waals surface area contributed by atoms with Crippen molar-refractivity contribution in [2.75, 3.05) is 10.6 Å². The van der Waals surface area contributed by atoms with Crippen LogP contribution in [0.25, 0.3) is 0 Å². The van der Waals surface area contributed by atoms with E-state index in [2.05, 4.69) is 4.98 Å². The molecule has 1 rings (SSSR count). The zero-order valence-electron chi connectivity index (χ0n) is 6.89. The van der Waals surface area contributed by atoms with E-state index in [0.29, 0.717) is 0 Å². The summed E-state index contributed by atoms with van der Waals surface area (Å²) in [6, 6.07) is 4.28. The lowest BCUT2D eigenvalue weighted by molar-refractivity contribution is 0.208. The molecule has 7 heteroatoms. The van der Waals surface area contributed by atoms with Gasteiger partial charge in [-0.3, -0.25) is 10.6 Å². The van der Waals surface area contributed by atoms with Gasteiger partial charge < -0.3 is 10.2 Å². The topological polar surface area (TPSA) is 112 Å². The van der Waals surface area contributed by atoms with Crippen LogP contribution in [0, 0.1) is 0 Å². The maximum absolute atomic E-state index is 10.2. The fraction of sp³-hybridized carbons (Fsp3) is 0. The van der Waals surface area contributed by atoms with Gasteiger partial charge in [0.05, 0.1) is 0 Å². The molecule has 0 unspecified atom stereocenters. The van der Waals surface area contributed by atoms with Crippen molar-refractivity contribution >= 4 is 23.8 Å². The Kier molecular flexibility index (Phi) is 2.85. The van der Waals surface area contributed by atoms with Crippen molar-refractivity contribution in [2.45, 2.75) is 0 Å². The molecule has 7 nitrogen and oxygen atoms in total. The van der Waals surface area contributed by atoms with Crippen molar-refractivity contribution in [3.63, 3.8) is 0 Å². The van der Waals surface area contributed by atoms with Crippen LogP contribution >= 0.6 is 0 Å². The van der Waals surface area contributed by atoms with Crippen molar-refractivity contribution in [3.8, 4) is 0 Å². The first-order valence-corrected chi connectivity index (χ1v) is 3.55. The number of nitrogens with zero attached hydrogens (tertiary/aromatic N) is 1. The highest BCUT2D eigenvalue weighted by atomic mass is 16.4. The van der Waals surface area contributed by atoms with Crippen LogP contribution in [0.3, 0.4) is 0 Å². The predicted molar refractivity (Wildman–Crippen MR) is 47.5 cm³/mol. The largest absolute Gasteiger partial charge is 0.465 e. The first-order chi connectivity index (χ1) is 6.58. The second-order valence-electron chi connectivity index (χ2n) is 2.27. The maximum Gasteiger partial charge on any atom is 0.410 e. The van der Waals surface area contributed by atoms with Gasteiger partial charge >= 0.3 is 12.2 Å². The first kappa shape index (κ1) is 9.78. The Bertz CT molecular complexity index is 334. The van der Waals surface area contributed by atoms with Gasteiger partial charge in [-0.25, -0.2) is 14.6 Å². The van der Waals surface area contributed by atoms with Crippen LogP contribution in [0.1, 0.15) is 0 Å². The Balaban J connectivity index is 2.78. The Hall–Kier alpha value is -2.31. The molecule has 0 aromatic carbocycles. The Morgan fingerprint density at radius 2 is 1.50 bits per heavy atom. The van der Waals surface area contributed by atoms with E-state index in [0.717, 1.165) is 0 Å². The lowest BCUT2D eigenvalue weighted by atomic mass is 10.4. The third-order valence-electron chi connectivity index (χ3n) is 1.22. The summed E-state index contributed by atoms with van der Waals surface area (Å²) in [5.41, 5.74) is 0. The minimum absolute atomic E-state index is 0.0590. The number of hydrogen-bond acceptors (Lipinski definition) is 3. The molecular formula is C7H7N3O4. The molecule has 0 spiro atoms. The molecule has 0 saturated heterocycles.